The third-order valence-electron chi connectivity index (χ3n) is 4.09. The van der Waals surface area contributed by atoms with E-state index in [0.717, 1.165) is 22.2 Å². The van der Waals surface area contributed by atoms with Gasteiger partial charge in [0.05, 0.1) is 11.9 Å². The lowest BCUT2D eigenvalue weighted by molar-refractivity contribution is -0.120. The van der Waals surface area contributed by atoms with Crippen molar-refractivity contribution >= 4 is 28.6 Å². The van der Waals surface area contributed by atoms with Crippen LogP contribution in [0.1, 0.15) is 16.8 Å². The summed E-state index contributed by atoms with van der Waals surface area (Å²) in [5, 5.41) is 3.70. The van der Waals surface area contributed by atoms with Crippen molar-refractivity contribution in [2.45, 2.75) is 24.8 Å². The van der Waals surface area contributed by atoms with Crippen LogP contribution in [0.25, 0.3) is 10.9 Å². The molecule has 0 bridgehead atoms. The third-order valence-corrected chi connectivity index (χ3v) is 4.83. The second-order valence-electron chi connectivity index (χ2n) is 5.69. The standard InChI is InChI=1S/C19H19FN2OS/c1-12-16(15-4-3-5-17(20)19(15)22-12)10-18(23)21-11-13-6-8-14(24-2)9-7-13/h3-9,22H,10-11H2,1-2H3,(H,21,23). The molecule has 5 heteroatoms. The Kier molecular flexibility index (Phi) is 4.90. The second-order valence-corrected chi connectivity index (χ2v) is 6.57. The van der Waals surface area contributed by atoms with E-state index < -0.39 is 0 Å². The highest BCUT2D eigenvalue weighted by molar-refractivity contribution is 7.98. The van der Waals surface area contributed by atoms with Gasteiger partial charge in [-0.2, -0.15) is 0 Å². The molecule has 1 amide bonds. The number of rotatable bonds is 5. The Balaban J connectivity index is 1.68. The molecule has 0 fully saturated rings. The fraction of sp³-hybridized carbons (Fsp3) is 0.211. The summed E-state index contributed by atoms with van der Waals surface area (Å²) in [6.45, 7) is 2.35. The monoisotopic (exact) mass is 342 g/mol. The number of aromatic nitrogens is 1. The summed E-state index contributed by atoms with van der Waals surface area (Å²) in [4.78, 5) is 16.5. The molecular formula is C19H19FN2OS. The molecule has 0 aliphatic rings. The highest BCUT2D eigenvalue weighted by atomic mass is 32.2. The number of hydrogen-bond acceptors (Lipinski definition) is 2. The number of aryl methyl sites for hydroxylation is 1. The Morgan fingerprint density at radius 3 is 2.67 bits per heavy atom. The van der Waals surface area contributed by atoms with Gasteiger partial charge in [-0.1, -0.05) is 24.3 Å². The Bertz CT molecular complexity index is 871. The minimum atomic E-state index is -0.295. The summed E-state index contributed by atoms with van der Waals surface area (Å²) in [7, 11) is 0. The molecule has 0 spiro atoms. The van der Waals surface area contributed by atoms with E-state index >= 15 is 0 Å². The zero-order valence-corrected chi connectivity index (χ0v) is 14.5. The van der Waals surface area contributed by atoms with Crippen molar-refractivity contribution in [2.75, 3.05) is 6.26 Å². The van der Waals surface area contributed by atoms with Crippen molar-refractivity contribution in [3.05, 3.63) is 65.1 Å². The molecule has 124 valence electrons. The number of nitrogens with one attached hydrogen (secondary N) is 2. The van der Waals surface area contributed by atoms with E-state index in [1.165, 1.54) is 11.0 Å². The molecule has 3 aromatic rings. The molecule has 0 saturated carbocycles. The first kappa shape index (κ1) is 16.6. The number of thioether (sulfide) groups is 1. The van der Waals surface area contributed by atoms with Crippen LogP contribution in [0.15, 0.2) is 47.4 Å². The average Bonchev–Trinajstić information content (AvgIpc) is 2.91. The van der Waals surface area contributed by atoms with Crippen LogP contribution in [0, 0.1) is 12.7 Å². The lowest BCUT2D eigenvalue weighted by Crippen LogP contribution is -2.24. The Morgan fingerprint density at radius 1 is 1.21 bits per heavy atom. The minimum absolute atomic E-state index is 0.0720. The van der Waals surface area contributed by atoms with Crippen LogP contribution >= 0.6 is 11.8 Å². The van der Waals surface area contributed by atoms with Gasteiger partial charge in [0.25, 0.3) is 0 Å². The van der Waals surface area contributed by atoms with Crippen LogP contribution in [0.3, 0.4) is 0 Å². The van der Waals surface area contributed by atoms with E-state index in [0.29, 0.717) is 12.1 Å². The highest BCUT2D eigenvalue weighted by Crippen LogP contribution is 2.24. The van der Waals surface area contributed by atoms with Crippen LogP contribution < -0.4 is 5.32 Å². The molecule has 3 nitrogen and oxygen atoms in total. The average molecular weight is 342 g/mol. The normalized spacial score (nSPS) is 11.0. The van der Waals surface area contributed by atoms with Gasteiger partial charge in [-0.3, -0.25) is 4.79 Å². The number of benzene rings is 2. The van der Waals surface area contributed by atoms with Crippen molar-refractivity contribution in [2.24, 2.45) is 0 Å². The van der Waals surface area contributed by atoms with Gasteiger partial charge < -0.3 is 10.3 Å². The number of carbonyl (C=O) groups is 1. The number of fused-ring (bicyclic) bond motifs is 1. The number of aromatic amines is 1. The van der Waals surface area contributed by atoms with Gasteiger partial charge in [0.1, 0.15) is 5.82 Å². The highest BCUT2D eigenvalue weighted by Gasteiger charge is 2.14. The van der Waals surface area contributed by atoms with Gasteiger partial charge in [-0.25, -0.2) is 4.39 Å². The van der Waals surface area contributed by atoms with Gasteiger partial charge in [-0.15, -0.1) is 11.8 Å². The summed E-state index contributed by atoms with van der Waals surface area (Å²) in [5.74, 6) is -0.367. The zero-order chi connectivity index (χ0) is 17.1. The van der Waals surface area contributed by atoms with Gasteiger partial charge in [0.15, 0.2) is 0 Å². The Hall–Kier alpha value is -2.27. The maximum atomic E-state index is 13.8. The number of hydrogen-bond donors (Lipinski definition) is 2. The van der Waals surface area contributed by atoms with E-state index in [1.807, 2.05) is 43.5 Å². The SMILES string of the molecule is CSc1ccc(CNC(=O)Cc2c(C)[nH]c3c(F)cccc23)cc1. The molecule has 0 aliphatic carbocycles. The van der Waals surface area contributed by atoms with E-state index in [-0.39, 0.29) is 18.1 Å². The van der Waals surface area contributed by atoms with Crippen LogP contribution in [0.2, 0.25) is 0 Å². The molecule has 0 aliphatic heterocycles. The number of halogens is 1. The summed E-state index contributed by atoms with van der Waals surface area (Å²) >= 11 is 1.69. The van der Waals surface area contributed by atoms with Crippen molar-refractivity contribution in [3.8, 4) is 0 Å². The molecule has 1 heterocycles. The van der Waals surface area contributed by atoms with Crippen LogP contribution in [-0.4, -0.2) is 17.1 Å². The van der Waals surface area contributed by atoms with E-state index in [1.54, 1.807) is 17.8 Å². The molecule has 1 aromatic heterocycles. The molecular weight excluding hydrogens is 323 g/mol. The maximum absolute atomic E-state index is 13.8. The fourth-order valence-electron chi connectivity index (χ4n) is 2.76. The molecule has 0 unspecified atom stereocenters. The Morgan fingerprint density at radius 2 is 1.96 bits per heavy atom. The molecule has 0 saturated heterocycles. The van der Waals surface area contributed by atoms with Crippen molar-refractivity contribution < 1.29 is 9.18 Å². The number of para-hydroxylation sites is 1. The maximum Gasteiger partial charge on any atom is 0.224 e. The summed E-state index contributed by atoms with van der Waals surface area (Å²) in [5.41, 5.74) is 3.20. The molecule has 2 aromatic carbocycles. The molecule has 24 heavy (non-hydrogen) atoms. The molecule has 0 radical (unpaired) electrons. The molecule has 3 rings (SSSR count). The number of amides is 1. The second kappa shape index (κ2) is 7.09. The van der Waals surface area contributed by atoms with Crippen molar-refractivity contribution in [1.82, 2.24) is 10.3 Å². The smallest absolute Gasteiger partial charge is 0.224 e. The van der Waals surface area contributed by atoms with Crippen LogP contribution in [0.4, 0.5) is 4.39 Å². The van der Waals surface area contributed by atoms with E-state index in [2.05, 4.69) is 10.3 Å². The summed E-state index contributed by atoms with van der Waals surface area (Å²) < 4.78 is 13.8. The van der Waals surface area contributed by atoms with Crippen molar-refractivity contribution in [3.63, 3.8) is 0 Å². The largest absolute Gasteiger partial charge is 0.356 e. The molecule has 0 atom stereocenters. The summed E-state index contributed by atoms with van der Waals surface area (Å²) in [6, 6.07) is 13.0. The Labute approximate surface area is 144 Å². The van der Waals surface area contributed by atoms with Gasteiger partial charge in [-0.05, 0) is 42.5 Å². The topological polar surface area (TPSA) is 44.9 Å². The van der Waals surface area contributed by atoms with Crippen LogP contribution in [0.5, 0.6) is 0 Å². The fourth-order valence-corrected chi connectivity index (χ4v) is 3.17. The lowest BCUT2D eigenvalue weighted by Gasteiger charge is -2.06. The number of carbonyl (C=O) groups excluding carboxylic acids is 1. The first-order valence-corrected chi connectivity index (χ1v) is 8.96. The third kappa shape index (κ3) is 3.46. The first-order valence-electron chi connectivity index (χ1n) is 7.74. The summed E-state index contributed by atoms with van der Waals surface area (Å²) in [6.07, 6.45) is 2.27. The zero-order valence-electron chi connectivity index (χ0n) is 13.7. The molecule has 2 N–H and O–H groups in total. The van der Waals surface area contributed by atoms with E-state index in [4.69, 9.17) is 0 Å². The minimum Gasteiger partial charge on any atom is -0.356 e. The first-order chi connectivity index (χ1) is 11.6. The number of H-pyrrole nitrogens is 1. The van der Waals surface area contributed by atoms with Gasteiger partial charge >= 0.3 is 0 Å². The van der Waals surface area contributed by atoms with Crippen molar-refractivity contribution in [1.29, 1.82) is 0 Å². The van der Waals surface area contributed by atoms with Gasteiger partial charge in [0.2, 0.25) is 5.91 Å². The van der Waals surface area contributed by atoms with E-state index in [9.17, 15) is 9.18 Å². The lowest BCUT2D eigenvalue weighted by atomic mass is 10.1. The predicted octanol–water partition coefficient (Wildman–Crippen LogP) is 4.20. The predicted molar refractivity (Wildman–Crippen MR) is 96.8 cm³/mol. The van der Waals surface area contributed by atoms with Gasteiger partial charge in [0, 0.05) is 22.5 Å². The van der Waals surface area contributed by atoms with Crippen LogP contribution in [-0.2, 0) is 17.8 Å². The quantitative estimate of drug-likeness (QED) is 0.683.